The first-order valence-electron chi connectivity index (χ1n) is 14.3. The van der Waals surface area contributed by atoms with E-state index in [1.54, 1.807) is 0 Å². The topological polar surface area (TPSA) is 264 Å². The van der Waals surface area contributed by atoms with Gasteiger partial charge in [-0.15, -0.1) is 0 Å². The summed E-state index contributed by atoms with van der Waals surface area (Å²) in [6, 6.07) is 7.60. The van der Waals surface area contributed by atoms with Gasteiger partial charge >= 0.3 is 5.97 Å². The van der Waals surface area contributed by atoms with E-state index >= 15 is 0 Å². The number of carbonyl (C=O) groups is 1. The number of esters is 1. The maximum Gasteiger partial charge on any atom is 0.302 e. The Morgan fingerprint density at radius 1 is 0.851 bits per heavy atom. The molecule has 0 bridgehead atoms. The molecule has 0 saturated carbocycles. The molecular formula is C30H34O17. The third-order valence-electron chi connectivity index (χ3n) is 7.74. The van der Waals surface area contributed by atoms with E-state index in [2.05, 4.69) is 0 Å². The van der Waals surface area contributed by atoms with E-state index < -0.39 is 91.8 Å². The molecule has 0 radical (unpaired) electrons. The minimum Gasteiger partial charge on any atom is -0.507 e. The molecule has 17 nitrogen and oxygen atoms in total. The second kappa shape index (κ2) is 14.0. The van der Waals surface area contributed by atoms with Gasteiger partial charge in [0, 0.05) is 30.7 Å². The van der Waals surface area contributed by atoms with Gasteiger partial charge in [0.15, 0.2) is 29.3 Å². The summed E-state index contributed by atoms with van der Waals surface area (Å²) < 4.78 is 38.5. The summed E-state index contributed by atoms with van der Waals surface area (Å²) >= 11 is 0. The lowest BCUT2D eigenvalue weighted by Crippen LogP contribution is -2.65. The molecule has 2 aliphatic rings. The second-order valence-corrected chi connectivity index (χ2v) is 10.9. The van der Waals surface area contributed by atoms with Crippen molar-refractivity contribution in [2.75, 3.05) is 20.3 Å². The highest BCUT2D eigenvalue weighted by atomic mass is 16.8. The van der Waals surface area contributed by atoms with Crippen molar-refractivity contribution in [1.29, 1.82) is 0 Å². The summed E-state index contributed by atoms with van der Waals surface area (Å²) in [6.45, 7) is -0.203. The summed E-state index contributed by atoms with van der Waals surface area (Å²) in [5, 5.41) is 83.0. The molecule has 2 fully saturated rings. The molecule has 8 N–H and O–H groups in total. The van der Waals surface area contributed by atoms with E-state index in [4.69, 9.17) is 32.8 Å². The molecule has 47 heavy (non-hydrogen) atoms. The Morgan fingerprint density at radius 2 is 1.55 bits per heavy atom. The number of aliphatic hydroxyl groups excluding tert-OH is 6. The van der Waals surface area contributed by atoms with Gasteiger partial charge in [-0.3, -0.25) is 9.59 Å². The predicted octanol–water partition coefficient (Wildman–Crippen LogP) is -1.55. The van der Waals surface area contributed by atoms with E-state index in [1.807, 2.05) is 0 Å². The highest BCUT2D eigenvalue weighted by Gasteiger charge is 2.51. The molecule has 3 aromatic rings. The summed E-state index contributed by atoms with van der Waals surface area (Å²) in [4.78, 5) is 24.2. The molecule has 0 spiro atoms. The van der Waals surface area contributed by atoms with Gasteiger partial charge in [-0.05, 0) is 18.2 Å². The Labute approximate surface area is 265 Å². The van der Waals surface area contributed by atoms with Crippen LogP contribution >= 0.6 is 0 Å². The molecule has 1 aromatic heterocycles. The average molecular weight is 667 g/mol. The summed E-state index contributed by atoms with van der Waals surface area (Å²) in [5.41, 5.74) is -0.431. The lowest BCUT2D eigenvalue weighted by atomic mass is 9.97. The Balaban J connectivity index is 1.46. The summed E-state index contributed by atoms with van der Waals surface area (Å²) in [5.74, 6) is -1.49. The maximum absolute atomic E-state index is 13.0. The van der Waals surface area contributed by atoms with Gasteiger partial charge in [-0.2, -0.15) is 0 Å². The van der Waals surface area contributed by atoms with Crippen LogP contribution in [0.4, 0.5) is 0 Å². The van der Waals surface area contributed by atoms with Crippen LogP contribution in [-0.4, -0.2) is 129 Å². The standard InChI is InChI=1S/C30H34O17/c1-11(32)42-10-21-24(37)25(38)27(40)29(46-21)47-28-26(39)23(36)20(9-31)45-30(28)43-13-6-15(34)22-16(35)8-17(44-19(22)7-13)12-3-4-14(33)18(5-12)41-2/h3-8,20-21,23-31,33-34,36-40H,9-10H2,1-2H3. The van der Waals surface area contributed by atoms with Crippen LogP contribution in [0.3, 0.4) is 0 Å². The third-order valence-corrected chi connectivity index (χ3v) is 7.74. The molecule has 5 rings (SSSR count). The molecule has 10 atom stereocenters. The van der Waals surface area contributed by atoms with Crippen molar-refractivity contribution in [1.82, 2.24) is 0 Å². The van der Waals surface area contributed by atoms with Gasteiger partial charge in [-0.1, -0.05) is 0 Å². The zero-order valence-electron chi connectivity index (χ0n) is 24.9. The Morgan fingerprint density at radius 3 is 2.23 bits per heavy atom. The first-order chi connectivity index (χ1) is 22.3. The van der Waals surface area contributed by atoms with Crippen LogP contribution in [-0.2, 0) is 23.7 Å². The first kappa shape index (κ1) is 34.3. The predicted molar refractivity (Wildman–Crippen MR) is 154 cm³/mol. The fourth-order valence-electron chi connectivity index (χ4n) is 5.24. The minimum atomic E-state index is -1.91. The summed E-state index contributed by atoms with van der Waals surface area (Å²) in [7, 11) is 1.34. The van der Waals surface area contributed by atoms with Gasteiger partial charge in [0.2, 0.25) is 6.29 Å². The highest BCUT2D eigenvalue weighted by Crippen LogP contribution is 2.36. The number of ether oxygens (including phenoxy) is 6. The van der Waals surface area contributed by atoms with E-state index in [-0.39, 0.29) is 34.0 Å². The van der Waals surface area contributed by atoms with Gasteiger partial charge in [-0.25, -0.2) is 0 Å². The Hall–Kier alpha value is -4.04. The van der Waals surface area contributed by atoms with Crippen molar-refractivity contribution in [2.45, 2.75) is 68.3 Å². The number of fused-ring (bicyclic) bond motifs is 1. The van der Waals surface area contributed by atoms with E-state index in [0.29, 0.717) is 5.56 Å². The smallest absolute Gasteiger partial charge is 0.302 e. The Bertz CT molecular complexity index is 1640. The van der Waals surface area contributed by atoms with Crippen molar-refractivity contribution < 1.29 is 78.5 Å². The molecule has 10 unspecified atom stereocenters. The summed E-state index contributed by atoms with van der Waals surface area (Å²) in [6.07, 6.45) is -17.1. The van der Waals surface area contributed by atoms with Gasteiger partial charge in [0.1, 0.15) is 77.6 Å². The second-order valence-electron chi connectivity index (χ2n) is 10.9. The van der Waals surface area contributed by atoms with Gasteiger partial charge < -0.3 is 73.7 Å². The van der Waals surface area contributed by atoms with Crippen LogP contribution < -0.4 is 14.9 Å². The maximum atomic E-state index is 13.0. The molecule has 17 heteroatoms. The number of benzene rings is 2. The fraction of sp³-hybridized carbons (Fsp3) is 0.467. The lowest BCUT2D eigenvalue weighted by molar-refractivity contribution is -0.358. The SMILES string of the molecule is COc1cc(-c2cc(=O)c3c(O)cc(OC4OC(CO)C(O)C(O)C4OC4OC(COC(C)=O)C(O)C(O)C4O)cc3o2)ccc1O. The molecular weight excluding hydrogens is 632 g/mol. The number of phenols is 2. The molecule has 2 aliphatic heterocycles. The molecule has 0 amide bonds. The van der Waals surface area contributed by atoms with Crippen LogP contribution in [0, 0.1) is 0 Å². The molecule has 3 heterocycles. The van der Waals surface area contributed by atoms with Crippen LogP contribution in [0.15, 0.2) is 45.6 Å². The molecule has 256 valence electrons. The number of aromatic hydroxyl groups is 2. The monoisotopic (exact) mass is 666 g/mol. The van der Waals surface area contributed by atoms with E-state index in [0.717, 1.165) is 19.1 Å². The van der Waals surface area contributed by atoms with Crippen LogP contribution in [0.1, 0.15) is 6.92 Å². The first-order valence-corrected chi connectivity index (χ1v) is 14.3. The number of aliphatic hydroxyl groups is 6. The van der Waals surface area contributed by atoms with Crippen molar-refractivity contribution in [3.05, 3.63) is 46.6 Å². The molecule has 0 aliphatic carbocycles. The van der Waals surface area contributed by atoms with Crippen molar-refractivity contribution >= 4 is 16.9 Å². The Kier molecular flexibility index (Phi) is 10.2. The lowest BCUT2D eigenvalue weighted by Gasteiger charge is -2.45. The van der Waals surface area contributed by atoms with Crippen LogP contribution in [0.25, 0.3) is 22.3 Å². The normalized spacial score (nSPS) is 31.0. The quantitative estimate of drug-likeness (QED) is 0.120. The highest BCUT2D eigenvalue weighted by molar-refractivity contribution is 5.86. The van der Waals surface area contributed by atoms with Crippen molar-refractivity contribution in [3.8, 4) is 34.3 Å². The number of rotatable bonds is 9. The molecule has 2 saturated heterocycles. The van der Waals surface area contributed by atoms with Crippen molar-refractivity contribution in [2.24, 2.45) is 0 Å². The number of carbonyl (C=O) groups excluding carboxylic acids is 1. The average Bonchev–Trinajstić information content (AvgIpc) is 3.03. The zero-order valence-corrected chi connectivity index (χ0v) is 24.9. The number of hydrogen-bond donors (Lipinski definition) is 8. The molecule has 2 aromatic carbocycles. The van der Waals surface area contributed by atoms with Gasteiger partial charge in [0.25, 0.3) is 0 Å². The number of phenolic OH excluding ortho intramolecular Hbond substituents is 2. The van der Waals surface area contributed by atoms with E-state index in [1.165, 1.54) is 31.4 Å². The van der Waals surface area contributed by atoms with Crippen LogP contribution in [0.5, 0.6) is 23.0 Å². The van der Waals surface area contributed by atoms with Crippen LogP contribution in [0.2, 0.25) is 0 Å². The number of methoxy groups -OCH3 is 1. The zero-order chi connectivity index (χ0) is 34.2. The van der Waals surface area contributed by atoms with Crippen molar-refractivity contribution in [3.63, 3.8) is 0 Å². The number of hydrogen-bond acceptors (Lipinski definition) is 17. The largest absolute Gasteiger partial charge is 0.507 e. The van der Waals surface area contributed by atoms with Gasteiger partial charge in [0.05, 0.1) is 13.7 Å². The van der Waals surface area contributed by atoms with E-state index in [9.17, 15) is 50.4 Å². The minimum absolute atomic E-state index is 0.0406. The fourth-order valence-corrected chi connectivity index (χ4v) is 5.24. The third kappa shape index (κ3) is 6.98.